The first-order chi connectivity index (χ1) is 12.2. The van der Waals surface area contributed by atoms with E-state index in [0.717, 1.165) is 17.1 Å². The van der Waals surface area contributed by atoms with E-state index in [0.29, 0.717) is 22.1 Å². The van der Waals surface area contributed by atoms with E-state index >= 15 is 0 Å². The van der Waals surface area contributed by atoms with Crippen molar-refractivity contribution in [2.24, 2.45) is 0 Å². The highest BCUT2D eigenvalue weighted by Gasteiger charge is 2.12. The molecular formula is C17H12N6OS. The number of fused-ring (bicyclic) bond motifs is 1. The minimum atomic E-state index is 0.231. The summed E-state index contributed by atoms with van der Waals surface area (Å²) in [5.74, 6) is 0.950. The van der Waals surface area contributed by atoms with Gasteiger partial charge in [0, 0.05) is 12.1 Å². The number of benzene rings is 2. The van der Waals surface area contributed by atoms with E-state index < -0.39 is 0 Å². The molecule has 0 aliphatic rings. The number of phenols is 1. The molecule has 0 spiro atoms. The molecule has 7 nitrogen and oxygen atoms in total. The van der Waals surface area contributed by atoms with Crippen LogP contribution in [-0.2, 0) is 6.42 Å². The Labute approximate surface area is 146 Å². The zero-order valence-electron chi connectivity index (χ0n) is 12.9. The average molecular weight is 348 g/mol. The molecule has 2 heterocycles. The maximum absolute atomic E-state index is 9.36. The predicted octanol–water partition coefficient (Wildman–Crippen LogP) is 3.10. The van der Waals surface area contributed by atoms with Crippen LogP contribution in [0.15, 0.2) is 48.5 Å². The van der Waals surface area contributed by atoms with Crippen molar-refractivity contribution in [3.63, 3.8) is 0 Å². The number of aromatic nitrogens is 4. The van der Waals surface area contributed by atoms with Gasteiger partial charge in [0.25, 0.3) is 0 Å². The Balaban J connectivity index is 1.59. The summed E-state index contributed by atoms with van der Waals surface area (Å²) in [5.41, 5.74) is 2.39. The fraction of sp³-hybridized carbons (Fsp3) is 0.0588. The van der Waals surface area contributed by atoms with E-state index in [1.165, 1.54) is 11.3 Å². The highest BCUT2D eigenvalue weighted by Crippen LogP contribution is 2.24. The minimum Gasteiger partial charge on any atom is -0.508 e. The second-order valence-corrected chi connectivity index (χ2v) is 6.33. The Bertz CT molecular complexity index is 1080. The molecule has 0 bridgehead atoms. The predicted molar refractivity (Wildman–Crippen MR) is 94.0 cm³/mol. The van der Waals surface area contributed by atoms with Gasteiger partial charge in [-0.05, 0) is 35.9 Å². The third kappa shape index (κ3) is 3.13. The Morgan fingerprint density at radius 2 is 2.00 bits per heavy atom. The number of hydrogen-bond acceptors (Lipinski definition) is 7. The largest absolute Gasteiger partial charge is 0.508 e. The third-order valence-electron chi connectivity index (χ3n) is 3.60. The van der Waals surface area contributed by atoms with Gasteiger partial charge < -0.3 is 10.4 Å². The summed E-state index contributed by atoms with van der Waals surface area (Å²) in [6.45, 7) is 0. The smallest absolute Gasteiger partial charge is 0.236 e. The summed E-state index contributed by atoms with van der Waals surface area (Å²) in [6.07, 6.45) is 0.564. The van der Waals surface area contributed by atoms with Crippen molar-refractivity contribution in [3.8, 4) is 11.8 Å². The highest BCUT2D eigenvalue weighted by atomic mass is 32.1. The second kappa shape index (κ2) is 6.22. The van der Waals surface area contributed by atoms with Crippen LogP contribution in [0.2, 0.25) is 0 Å². The second-order valence-electron chi connectivity index (χ2n) is 5.38. The molecule has 122 valence electrons. The molecule has 0 saturated heterocycles. The van der Waals surface area contributed by atoms with E-state index in [-0.39, 0.29) is 5.75 Å². The van der Waals surface area contributed by atoms with Gasteiger partial charge in [-0.15, -0.1) is 15.3 Å². The van der Waals surface area contributed by atoms with Crippen LogP contribution in [0, 0.1) is 11.3 Å². The molecule has 0 atom stereocenters. The van der Waals surface area contributed by atoms with Gasteiger partial charge in [0.15, 0.2) is 5.82 Å². The van der Waals surface area contributed by atoms with Crippen molar-refractivity contribution in [1.29, 1.82) is 5.26 Å². The molecule has 2 aromatic heterocycles. The van der Waals surface area contributed by atoms with Crippen LogP contribution in [0.4, 0.5) is 10.8 Å². The molecule has 0 aliphatic carbocycles. The number of aromatic hydroxyl groups is 1. The minimum absolute atomic E-state index is 0.231. The summed E-state index contributed by atoms with van der Waals surface area (Å²) in [6, 6.07) is 16.3. The first-order valence-electron chi connectivity index (χ1n) is 7.47. The summed E-state index contributed by atoms with van der Waals surface area (Å²) in [7, 11) is 0. The number of phenolic OH excluding ortho intramolecular Hbond substituents is 1. The average Bonchev–Trinajstić information content (AvgIpc) is 3.18. The van der Waals surface area contributed by atoms with Crippen molar-refractivity contribution in [3.05, 3.63) is 65.5 Å². The first kappa shape index (κ1) is 15.1. The van der Waals surface area contributed by atoms with Crippen LogP contribution in [-0.4, -0.2) is 24.9 Å². The van der Waals surface area contributed by atoms with Crippen LogP contribution in [0.1, 0.15) is 17.0 Å². The lowest BCUT2D eigenvalue weighted by Gasteiger charge is -2.01. The fourth-order valence-electron chi connectivity index (χ4n) is 2.40. The zero-order valence-corrected chi connectivity index (χ0v) is 13.7. The molecule has 2 aromatic carbocycles. The van der Waals surface area contributed by atoms with Crippen molar-refractivity contribution < 1.29 is 5.11 Å². The molecule has 0 saturated carbocycles. The first-order valence-corrected chi connectivity index (χ1v) is 8.29. The van der Waals surface area contributed by atoms with Crippen LogP contribution in [0.3, 0.4) is 0 Å². The monoisotopic (exact) mass is 348 g/mol. The number of rotatable bonds is 4. The zero-order chi connectivity index (χ0) is 17.2. The van der Waals surface area contributed by atoms with Gasteiger partial charge in [-0.25, -0.2) is 0 Å². The molecule has 4 rings (SSSR count). The Kier molecular flexibility index (Phi) is 3.76. The molecule has 0 aliphatic heterocycles. The topological polar surface area (TPSA) is 99.1 Å². The van der Waals surface area contributed by atoms with Crippen molar-refractivity contribution in [2.45, 2.75) is 6.42 Å². The van der Waals surface area contributed by atoms with Gasteiger partial charge in [0.05, 0.1) is 11.6 Å². The van der Waals surface area contributed by atoms with E-state index in [1.54, 1.807) is 28.8 Å². The number of nitriles is 1. The summed E-state index contributed by atoms with van der Waals surface area (Å²) >= 11 is 1.38. The maximum Gasteiger partial charge on any atom is 0.236 e. The lowest BCUT2D eigenvalue weighted by Crippen LogP contribution is -1.98. The summed E-state index contributed by atoms with van der Waals surface area (Å²) < 4.78 is 1.70. The number of nitrogens with one attached hydrogen (secondary N) is 1. The fourth-order valence-corrected chi connectivity index (χ4v) is 3.18. The lowest BCUT2D eigenvalue weighted by atomic mass is 10.1. The van der Waals surface area contributed by atoms with Crippen LogP contribution >= 0.6 is 11.3 Å². The molecule has 0 radical (unpaired) electrons. The Morgan fingerprint density at radius 3 is 2.80 bits per heavy atom. The van der Waals surface area contributed by atoms with E-state index in [9.17, 15) is 5.11 Å². The third-order valence-corrected chi connectivity index (χ3v) is 4.41. The molecule has 2 N–H and O–H groups in total. The summed E-state index contributed by atoms with van der Waals surface area (Å²) in [4.78, 5) is 0.688. The van der Waals surface area contributed by atoms with Crippen LogP contribution in [0.5, 0.6) is 5.75 Å². The normalized spacial score (nSPS) is 10.7. The van der Waals surface area contributed by atoms with E-state index in [1.807, 2.05) is 24.3 Å². The van der Waals surface area contributed by atoms with Gasteiger partial charge >= 0.3 is 0 Å². The number of anilines is 2. The number of hydrogen-bond donors (Lipinski definition) is 2. The maximum atomic E-state index is 9.36. The molecule has 25 heavy (non-hydrogen) atoms. The highest BCUT2D eigenvalue weighted by molar-refractivity contribution is 7.20. The molecular weight excluding hydrogens is 336 g/mol. The Hall–Kier alpha value is -3.44. The van der Waals surface area contributed by atoms with E-state index in [4.69, 9.17) is 5.26 Å². The van der Waals surface area contributed by atoms with Crippen LogP contribution in [0.25, 0.3) is 4.96 Å². The van der Waals surface area contributed by atoms with Crippen LogP contribution < -0.4 is 5.32 Å². The van der Waals surface area contributed by atoms with Gasteiger partial charge in [-0.3, -0.25) is 0 Å². The van der Waals surface area contributed by atoms with Gasteiger partial charge in [0.1, 0.15) is 5.75 Å². The van der Waals surface area contributed by atoms with Crippen molar-refractivity contribution in [1.82, 2.24) is 19.8 Å². The lowest BCUT2D eigenvalue weighted by molar-refractivity contribution is 0.475. The van der Waals surface area contributed by atoms with Gasteiger partial charge in [-0.2, -0.15) is 9.78 Å². The summed E-state index contributed by atoms with van der Waals surface area (Å²) in [5, 5.41) is 35.0. The molecule has 0 unspecified atom stereocenters. The molecule has 0 fully saturated rings. The molecule has 8 heteroatoms. The van der Waals surface area contributed by atoms with Gasteiger partial charge in [-0.1, -0.05) is 29.5 Å². The van der Waals surface area contributed by atoms with Crippen molar-refractivity contribution in [2.75, 3.05) is 5.32 Å². The van der Waals surface area contributed by atoms with Crippen molar-refractivity contribution >= 4 is 27.1 Å². The Morgan fingerprint density at radius 1 is 1.16 bits per heavy atom. The SMILES string of the molecule is N#Cc1cccc(Nc2nn3c(Cc4ccc(O)cc4)nnc3s2)c1. The molecule has 0 amide bonds. The van der Waals surface area contributed by atoms with Gasteiger partial charge in [0.2, 0.25) is 10.1 Å². The quantitative estimate of drug-likeness (QED) is 0.588. The standard InChI is InChI=1S/C17H12N6OS/c18-10-12-2-1-3-13(8-12)19-16-22-23-15(20-21-17(23)25-16)9-11-4-6-14(24)7-5-11/h1-8,24H,9H2,(H,19,22). The van der Waals surface area contributed by atoms with E-state index in [2.05, 4.69) is 26.7 Å². The number of nitrogens with zero attached hydrogens (tertiary/aromatic N) is 5. The molecule has 4 aromatic rings.